The molecule has 0 spiro atoms. The summed E-state index contributed by atoms with van der Waals surface area (Å²) in [6.45, 7) is 2.59. The Morgan fingerprint density at radius 2 is 1.93 bits per heavy atom. The van der Waals surface area contributed by atoms with Crippen LogP contribution in [0.2, 0.25) is 0 Å². The Hall–Kier alpha value is -3.29. The van der Waals surface area contributed by atoms with Crippen LogP contribution in [0.4, 0.5) is 14.7 Å². The Morgan fingerprint density at radius 1 is 1.15 bits per heavy atom. The molecule has 0 aliphatic heterocycles. The predicted molar refractivity (Wildman–Crippen MR) is 97.3 cm³/mol. The van der Waals surface area contributed by atoms with E-state index in [1.807, 2.05) is 35.8 Å². The summed E-state index contributed by atoms with van der Waals surface area (Å²) in [6, 6.07) is 10.2. The van der Waals surface area contributed by atoms with Gasteiger partial charge in [0.05, 0.1) is 16.6 Å². The molecule has 0 aliphatic carbocycles. The zero-order chi connectivity index (χ0) is 19.4. The molecule has 2 N–H and O–H groups in total. The molecule has 3 aromatic rings. The molecule has 27 heavy (non-hydrogen) atoms. The molecule has 0 aliphatic rings. The number of rotatable bonds is 6. The number of halogens is 2. The molecule has 140 valence electrons. The largest absolute Gasteiger partial charge is 0.351 e. The molecular formula is C19H18F2N4O2. The van der Waals surface area contributed by atoms with Gasteiger partial charge >= 0.3 is 0 Å². The van der Waals surface area contributed by atoms with Crippen LogP contribution < -0.4 is 10.6 Å². The molecule has 8 heteroatoms. The van der Waals surface area contributed by atoms with Crippen LogP contribution in [0.3, 0.4) is 0 Å². The van der Waals surface area contributed by atoms with E-state index < -0.39 is 17.5 Å². The van der Waals surface area contributed by atoms with Crippen molar-refractivity contribution in [2.24, 2.45) is 0 Å². The van der Waals surface area contributed by atoms with Crippen molar-refractivity contribution < 1.29 is 18.4 Å². The van der Waals surface area contributed by atoms with Gasteiger partial charge in [0, 0.05) is 25.6 Å². The number of aromatic nitrogens is 2. The third-order valence-electron chi connectivity index (χ3n) is 4.04. The van der Waals surface area contributed by atoms with Gasteiger partial charge < -0.3 is 9.88 Å². The van der Waals surface area contributed by atoms with Crippen molar-refractivity contribution in [2.75, 3.05) is 11.9 Å². The third kappa shape index (κ3) is 4.11. The predicted octanol–water partition coefficient (Wildman–Crippen LogP) is 3.09. The highest BCUT2D eigenvalue weighted by atomic mass is 19.1. The quantitative estimate of drug-likeness (QED) is 0.698. The second kappa shape index (κ2) is 7.94. The van der Waals surface area contributed by atoms with Crippen LogP contribution >= 0.6 is 0 Å². The number of para-hydroxylation sites is 2. The Kier molecular flexibility index (Phi) is 5.44. The maximum absolute atomic E-state index is 13.6. The van der Waals surface area contributed by atoms with Gasteiger partial charge in [-0.3, -0.25) is 14.9 Å². The molecule has 0 saturated heterocycles. The second-order valence-electron chi connectivity index (χ2n) is 5.85. The van der Waals surface area contributed by atoms with Crippen LogP contribution in [-0.4, -0.2) is 27.9 Å². The molecule has 6 nitrogen and oxygen atoms in total. The number of hydrogen-bond donors (Lipinski definition) is 2. The average Bonchev–Trinajstić information content (AvgIpc) is 2.98. The minimum Gasteiger partial charge on any atom is -0.351 e. The van der Waals surface area contributed by atoms with Gasteiger partial charge in [-0.2, -0.15) is 0 Å². The molecule has 0 radical (unpaired) electrons. The number of aryl methyl sites for hydroxylation is 1. The molecule has 0 unspecified atom stereocenters. The summed E-state index contributed by atoms with van der Waals surface area (Å²) >= 11 is 0. The van der Waals surface area contributed by atoms with Crippen molar-refractivity contribution in [2.45, 2.75) is 19.9 Å². The number of fused-ring (bicyclic) bond motifs is 1. The SMILES string of the molecule is CCn1c(NC(=O)CCNC(=O)c2ccc(F)cc2F)nc2ccccc21. The Bertz CT molecular complexity index is 1000. The first-order chi connectivity index (χ1) is 13.0. The molecule has 0 saturated carbocycles. The van der Waals surface area contributed by atoms with E-state index in [2.05, 4.69) is 15.6 Å². The molecule has 2 aromatic carbocycles. The summed E-state index contributed by atoms with van der Waals surface area (Å²) in [5, 5.41) is 5.16. The molecule has 0 fully saturated rings. The lowest BCUT2D eigenvalue weighted by Crippen LogP contribution is -2.28. The van der Waals surface area contributed by atoms with Crippen LogP contribution in [-0.2, 0) is 11.3 Å². The summed E-state index contributed by atoms with van der Waals surface area (Å²) in [5.41, 5.74) is 1.41. The Morgan fingerprint density at radius 3 is 2.67 bits per heavy atom. The van der Waals surface area contributed by atoms with Crippen LogP contribution in [0.15, 0.2) is 42.5 Å². The van der Waals surface area contributed by atoms with Crippen LogP contribution in [0.5, 0.6) is 0 Å². The van der Waals surface area contributed by atoms with Crippen molar-refractivity contribution in [3.63, 3.8) is 0 Å². The van der Waals surface area contributed by atoms with Gasteiger partial charge in [-0.1, -0.05) is 12.1 Å². The number of anilines is 1. The lowest BCUT2D eigenvalue weighted by molar-refractivity contribution is -0.116. The fourth-order valence-electron chi connectivity index (χ4n) is 2.74. The smallest absolute Gasteiger partial charge is 0.254 e. The summed E-state index contributed by atoms with van der Waals surface area (Å²) in [6.07, 6.45) is -0.0124. The summed E-state index contributed by atoms with van der Waals surface area (Å²) in [5.74, 6) is -2.32. The van der Waals surface area contributed by atoms with E-state index in [1.165, 1.54) is 0 Å². The lowest BCUT2D eigenvalue weighted by Gasteiger charge is -2.09. The summed E-state index contributed by atoms with van der Waals surface area (Å²) in [7, 11) is 0. The molecule has 0 bridgehead atoms. The summed E-state index contributed by atoms with van der Waals surface area (Å²) < 4.78 is 28.3. The zero-order valence-corrected chi connectivity index (χ0v) is 14.6. The lowest BCUT2D eigenvalue weighted by atomic mass is 10.2. The highest BCUT2D eigenvalue weighted by Gasteiger charge is 2.14. The first-order valence-corrected chi connectivity index (χ1v) is 8.48. The van der Waals surface area contributed by atoms with Gasteiger partial charge in [-0.05, 0) is 31.2 Å². The molecule has 0 atom stereocenters. The molecule has 1 heterocycles. The van der Waals surface area contributed by atoms with Crippen LogP contribution in [0, 0.1) is 11.6 Å². The number of imidazole rings is 1. The van der Waals surface area contributed by atoms with Crippen molar-refractivity contribution in [3.05, 3.63) is 59.7 Å². The van der Waals surface area contributed by atoms with Crippen molar-refractivity contribution in [3.8, 4) is 0 Å². The van der Waals surface area contributed by atoms with E-state index in [-0.39, 0.29) is 24.4 Å². The number of benzene rings is 2. The second-order valence-corrected chi connectivity index (χ2v) is 5.85. The van der Waals surface area contributed by atoms with Gasteiger partial charge in [0.25, 0.3) is 5.91 Å². The number of nitrogens with zero attached hydrogens (tertiary/aromatic N) is 2. The highest BCUT2D eigenvalue weighted by Crippen LogP contribution is 2.19. The number of amides is 2. The molecule has 2 amide bonds. The Labute approximate surface area is 154 Å². The monoisotopic (exact) mass is 372 g/mol. The maximum Gasteiger partial charge on any atom is 0.254 e. The number of hydrogen-bond acceptors (Lipinski definition) is 3. The number of carbonyl (C=O) groups excluding carboxylic acids is 2. The molecular weight excluding hydrogens is 354 g/mol. The van der Waals surface area contributed by atoms with Gasteiger partial charge in [-0.25, -0.2) is 13.8 Å². The first-order valence-electron chi connectivity index (χ1n) is 8.48. The van der Waals surface area contributed by atoms with Crippen molar-refractivity contribution in [1.82, 2.24) is 14.9 Å². The Balaban J connectivity index is 1.58. The minimum absolute atomic E-state index is 0.00777. The van der Waals surface area contributed by atoms with Crippen molar-refractivity contribution in [1.29, 1.82) is 0 Å². The minimum atomic E-state index is -0.950. The van der Waals surface area contributed by atoms with Crippen LogP contribution in [0.1, 0.15) is 23.7 Å². The molecule has 1 aromatic heterocycles. The normalized spacial score (nSPS) is 10.8. The van der Waals surface area contributed by atoms with Gasteiger partial charge in [0.2, 0.25) is 11.9 Å². The van der Waals surface area contributed by atoms with E-state index >= 15 is 0 Å². The summed E-state index contributed by atoms with van der Waals surface area (Å²) in [4.78, 5) is 28.5. The van der Waals surface area contributed by atoms with Crippen molar-refractivity contribution >= 4 is 28.8 Å². The number of carbonyl (C=O) groups is 2. The third-order valence-corrected chi connectivity index (χ3v) is 4.04. The standard InChI is InChI=1S/C19H18F2N4O2/c1-2-25-16-6-4-3-5-15(16)23-19(25)24-17(26)9-10-22-18(27)13-8-7-12(20)11-14(13)21/h3-8,11H,2,9-10H2,1H3,(H,22,27)(H,23,24,26). The first kappa shape index (κ1) is 18.5. The van der Waals surface area contributed by atoms with Crippen LogP contribution in [0.25, 0.3) is 11.0 Å². The van der Waals surface area contributed by atoms with E-state index in [4.69, 9.17) is 0 Å². The zero-order valence-electron chi connectivity index (χ0n) is 14.6. The topological polar surface area (TPSA) is 76.0 Å². The maximum atomic E-state index is 13.6. The molecule has 3 rings (SSSR count). The van der Waals surface area contributed by atoms with E-state index in [9.17, 15) is 18.4 Å². The van der Waals surface area contributed by atoms with Gasteiger partial charge in [0.1, 0.15) is 11.6 Å². The van der Waals surface area contributed by atoms with E-state index in [1.54, 1.807) is 0 Å². The average molecular weight is 372 g/mol. The van der Waals surface area contributed by atoms with Gasteiger partial charge in [-0.15, -0.1) is 0 Å². The van der Waals surface area contributed by atoms with E-state index in [0.717, 1.165) is 23.2 Å². The highest BCUT2D eigenvalue weighted by molar-refractivity contribution is 5.95. The fourth-order valence-corrected chi connectivity index (χ4v) is 2.74. The van der Waals surface area contributed by atoms with Gasteiger partial charge in [0.15, 0.2) is 0 Å². The number of nitrogens with one attached hydrogen (secondary N) is 2. The fraction of sp³-hybridized carbons (Fsp3) is 0.211. The van der Waals surface area contributed by atoms with E-state index in [0.29, 0.717) is 18.6 Å².